The van der Waals surface area contributed by atoms with E-state index in [1.165, 1.54) is 0 Å². The van der Waals surface area contributed by atoms with Gasteiger partial charge < -0.3 is 20.2 Å². The number of phenols is 1. The Morgan fingerprint density at radius 3 is 2.42 bits per heavy atom. The van der Waals surface area contributed by atoms with Crippen molar-refractivity contribution < 1.29 is 14.7 Å². The highest BCUT2D eigenvalue weighted by Gasteiger charge is 2.41. The van der Waals surface area contributed by atoms with Crippen LogP contribution in [0.5, 0.6) is 5.75 Å². The van der Waals surface area contributed by atoms with Gasteiger partial charge in [-0.3, -0.25) is 9.59 Å². The maximum absolute atomic E-state index is 13.8. The molecule has 0 radical (unpaired) electrons. The summed E-state index contributed by atoms with van der Waals surface area (Å²) < 4.78 is 0. The van der Waals surface area contributed by atoms with Crippen LogP contribution in [-0.2, 0) is 16.0 Å². The van der Waals surface area contributed by atoms with Gasteiger partial charge in [0.1, 0.15) is 11.8 Å². The summed E-state index contributed by atoms with van der Waals surface area (Å²) in [5, 5.41) is 13.3. The number of nitrogens with zero attached hydrogens (tertiary/aromatic N) is 2. The van der Waals surface area contributed by atoms with Gasteiger partial charge in [-0.25, -0.2) is 0 Å². The second-order valence-corrected chi connectivity index (χ2v) is 9.99. The van der Waals surface area contributed by atoms with Gasteiger partial charge in [-0.15, -0.1) is 0 Å². The highest BCUT2D eigenvalue weighted by Crippen LogP contribution is 2.38. The lowest BCUT2D eigenvalue weighted by molar-refractivity contribution is -0.147. The number of phenolic OH excluding ortho intramolecular Hbond substituents is 1. The first kappa shape index (κ1) is 24.6. The first-order chi connectivity index (χ1) is 15.4. The summed E-state index contributed by atoms with van der Waals surface area (Å²) in [7, 11) is 3.93. The Morgan fingerprint density at radius 1 is 1.15 bits per heavy atom. The van der Waals surface area contributed by atoms with Gasteiger partial charge in [-0.2, -0.15) is 0 Å². The third-order valence-corrected chi connectivity index (χ3v) is 7.16. The van der Waals surface area contributed by atoms with Gasteiger partial charge in [0.05, 0.1) is 0 Å². The molecule has 6 nitrogen and oxygen atoms in total. The second kappa shape index (κ2) is 9.08. The zero-order valence-corrected chi connectivity index (χ0v) is 21.2. The molecule has 1 atom stereocenters. The molecule has 1 aliphatic rings. The fraction of sp³-hybridized carbons (Fsp3) is 0.481. The molecule has 2 amide bonds. The molecule has 0 saturated heterocycles. The van der Waals surface area contributed by atoms with E-state index in [1.54, 1.807) is 11.0 Å². The summed E-state index contributed by atoms with van der Waals surface area (Å²) in [5.41, 5.74) is 5.31. The van der Waals surface area contributed by atoms with Crippen molar-refractivity contribution in [2.75, 3.05) is 30.9 Å². The Kier molecular flexibility index (Phi) is 6.78. The van der Waals surface area contributed by atoms with Crippen molar-refractivity contribution in [3.8, 4) is 5.75 Å². The molecule has 33 heavy (non-hydrogen) atoms. The minimum absolute atomic E-state index is 0.0131. The summed E-state index contributed by atoms with van der Waals surface area (Å²) in [6.45, 7) is 11.9. The van der Waals surface area contributed by atoms with Crippen LogP contribution in [-0.4, -0.2) is 42.5 Å². The van der Waals surface area contributed by atoms with E-state index in [2.05, 4.69) is 17.4 Å². The van der Waals surface area contributed by atoms with E-state index in [1.807, 2.05) is 66.6 Å². The van der Waals surface area contributed by atoms with Crippen molar-refractivity contribution in [2.24, 2.45) is 5.41 Å². The summed E-state index contributed by atoms with van der Waals surface area (Å²) in [4.78, 5) is 31.1. The van der Waals surface area contributed by atoms with E-state index >= 15 is 0 Å². The van der Waals surface area contributed by atoms with Gasteiger partial charge in [-0.05, 0) is 79.6 Å². The Bertz CT molecular complexity index is 1090. The number of fused-ring (bicyclic) bond motifs is 1. The molecule has 3 rings (SSSR count). The topological polar surface area (TPSA) is 72.9 Å². The van der Waals surface area contributed by atoms with Gasteiger partial charge in [0, 0.05) is 37.4 Å². The van der Waals surface area contributed by atoms with Crippen LogP contribution >= 0.6 is 0 Å². The minimum atomic E-state index is -0.721. The number of amides is 2. The molecule has 6 heteroatoms. The largest absolute Gasteiger partial charge is 0.507 e. The lowest BCUT2D eigenvalue weighted by Crippen LogP contribution is -2.49. The number of nitrogens with one attached hydrogen (secondary N) is 1. The molecule has 0 aromatic heterocycles. The van der Waals surface area contributed by atoms with E-state index in [-0.39, 0.29) is 17.6 Å². The van der Waals surface area contributed by atoms with E-state index < -0.39 is 11.5 Å². The van der Waals surface area contributed by atoms with Crippen LogP contribution < -0.4 is 10.2 Å². The van der Waals surface area contributed by atoms with Crippen LogP contribution in [0.4, 0.5) is 11.4 Å². The molecular weight excluding hydrogens is 414 g/mol. The van der Waals surface area contributed by atoms with Crippen molar-refractivity contribution in [2.45, 2.75) is 60.4 Å². The highest BCUT2D eigenvalue weighted by atomic mass is 16.3. The molecule has 2 aromatic carbocycles. The van der Waals surface area contributed by atoms with Crippen molar-refractivity contribution in [3.05, 3.63) is 52.1 Å². The predicted octanol–water partition coefficient (Wildman–Crippen LogP) is 4.88. The van der Waals surface area contributed by atoms with Gasteiger partial charge in [0.15, 0.2) is 0 Å². The van der Waals surface area contributed by atoms with Crippen molar-refractivity contribution >= 4 is 23.2 Å². The average molecular weight is 452 g/mol. The monoisotopic (exact) mass is 451 g/mol. The smallest absolute Gasteiger partial charge is 0.251 e. The van der Waals surface area contributed by atoms with E-state index in [9.17, 15) is 14.7 Å². The summed E-state index contributed by atoms with van der Waals surface area (Å²) in [6, 6.07) is 7.21. The quantitative estimate of drug-likeness (QED) is 0.635. The molecule has 0 bridgehead atoms. The number of carbonyl (C=O) groups is 2. The zero-order chi connectivity index (χ0) is 24.7. The fourth-order valence-corrected chi connectivity index (χ4v) is 4.32. The molecular formula is C27H37N3O3. The van der Waals surface area contributed by atoms with Crippen LogP contribution in [0.25, 0.3) is 0 Å². The fourth-order valence-electron chi connectivity index (χ4n) is 4.32. The molecule has 1 heterocycles. The molecule has 0 fully saturated rings. The normalized spacial score (nSPS) is 15.8. The Labute approximate surface area is 197 Å². The van der Waals surface area contributed by atoms with Crippen molar-refractivity contribution in [1.29, 1.82) is 0 Å². The lowest BCUT2D eigenvalue weighted by Gasteiger charge is -2.40. The molecule has 178 valence electrons. The first-order valence-electron chi connectivity index (χ1n) is 11.6. The van der Waals surface area contributed by atoms with Gasteiger partial charge >= 0.3 is 0 Å². The van der Waals surface area contributed by atoms with Gasteiger partial charge in [0.2, 0.25) is 5.91 Å². The molecule has 0 spiro atoms. The third kappa shape index (κ3) is 4.56. The van der Waals surface area contributed by atoms with Gasteiger partial charge in [-0.1, -0.05) is 26.8 Å². The van der Waals surface area contributed by atoms with Crippen LogP contribution in [0, 0.1) is 26.2 Å². The van der Waals surface area contributed by atoms with Gasteiger partial charge in [0.25, 0.3) is 5.91 Å². The average Bonchev–Trinajstić information content (AvgIpc) is 2.79. The van der Waals surface area contributed by atoms with Crippen molar-refractivity contribution in [3.63, 3.8) is 0 Å². The predicted molar refractivity (Wildman–Crippen MR) is 134 cm³/mol. The number of carbonyl (C=O) groups excluding carboxylic acids is 2. The number of anilines is 2. The van der Waals surface area contributed by atoms with E-state index in [0.717, 1.165) is 34.4 Å². The Morgan fingerprint density at radius 2 is 1.82 bits per heavy atom. The second-order valence-electron chi connectivity index (χ2n) is 9.99. The minimum Gasteiger partial charge on any atom is -0.507 e. The summed E-state index contributed by atoms with van der Waals surface area (Å²) >= 11 is 0. The maximum atomic E-state index is 13.8. The number of rotatable bonds is 5. The van der Waals surface area contributed by atoms with Crippen LogP contribution in [0.3, 0.4) is 0 Å². The SMILES string of the molecule is CCC(C)(C)C(=O)N1CCc2ccc(N(C)C)cc2C1C(=O)Nc1cc(C)c(O)c(C)c1C. The van der Waals surface area contributed by atoms with E-state index in [4.69, 9.17) is 0 Å². The Balaban J connectivity index is 2.10. The van der Waals surface area contributed by atoms with Crippen LogP contribution in [0.1, 0.15) is 61.1 Å². The van der Waals surface area contributed by atoms with Crippen LogP contribution in [0.15, 0.2) is 24.3 Å². The molecule has 0 aliphatic carbocycles. The lowest BCUT2D eigenvalue weighted by atomic mass is 9.84. The first-order valence-corrected chi connectivity index (χ1v) is 11.6. The van der Waals surface area contributed by atoms with Crippen LogP contribution in [0.2, 0.25) is 0 Å². The Hall–Kier alpha value is -3.02. The van der Waals surface area contributed by atoms with E-state index in [0.29, 0.717) is 24.2 Å². The summed E-state index contributed by atoms with van der Waals surface area (Å²) in [5.74, 6) is -0.00817. The molecule has 1 aliphatic heterocycles. The molecule has 0 saturated carbocycles. The standard InChI is InChI=1S/C27H37N3O3/c1-9-27(5,6)26(33)30-13-12-19-10-11-20(29(7)8)15-21(19)23(30)25(32)28-22-14-16(2)24(31)18(4)17(22)3/h10-11,14-15,23,31H,9,12-13H2,1-8H3,(H,28,32). The summed E-state index contributed by atoms with van der Waals surface area (Å²) in [6.07, 6.45) is 1.41. The zero-order valence-electron chi connectivity index (χ0n) is 21.2. The maximum Gasteiger partial charge on any atom is 0.251 e. The molecule has 2 aromatic rings. The molecule has 1 unspecified atom stereocenters. The molecule has 2 N–H and O–H groups in total. The van der Waals surface area contributed by atoms with Crippen molar-refractivity contribution in [1.82, 2.24) is 4.90 Å². The number of hydrogen-bond donors (Lipinski definition) is 2. The highest BCUT2D eigenvalue weighted by molar-refractivity contribution is 6.00. The number of hydrogen-bond acceptors (Lipinski definition) is 4. The number of aryl methyl sites for hydroxylation is 1. The third-order valence-electron chi connectivity index (χ3n) is 7.16. The number of benzene rings is 2. The number of aromatic hydroxyl groups is 1.